The van der Waals surface area contributed by atoms with E-state index in [1.54, 1.807) is 0 Å². The van der Waals surface area contributed by atoms with Gasteiger partial charge in [-0.1, -0.05) is 44.2 Å². The molecule has 1 aliphatic heterocycles. The number of aliphatic imine (C=N–C) groups is 1. The molecule has 1 heterocycles. The van der Waals surface area contributed by atoms with Gasteiger partial charge in [-0.15, -0.1) is 0 Å². The zero-order chi connectivity index (χ0) is 18.8. The van der Waals surface area contributed by atoms with Crippen LogP contribution < -0.4 is 10.6 Å². The van der Waals surface area contributed by atoms with Crippen LogP contribution in [0.4, 0.5) is 0 Å². The van der Waals surface area contributed by atoms with Crippen LogP contribution in [0.5, 0.6) is 0 Å². The second-order valence-electron chi connectivity index (χ2n) is 7.64. The second-order valence-corrected chi connectivity index (χ2v) is 7.64. The second kappa shape index (κ2) is 11.2. The van der Waals surface area contributed by atoms with Crippen molar-refractivity contribution in [1.82, 2.24) is 15.5 Å². The van der Waals surface area contributed by atoms with Crippen molar-refractivity contribution in [2.75, 3.05) is 45.9 Å². The van der Waals surface area contributed by atoms with E-state index in [-0.39, 0.29) is 12.5 Å². The highest BCUT2D eigenvalue weighted by atomic mass is 16.3. The molecule has 0 spiro atoms. The lowest BCUT2D eigenvalue weighted by Crippen LogP contribution is -2.45. The van der Waals surface area contributed by atoms with Crippen LogP contribution in [0, 0.1) is 11.8 Å². The first kappa shape index (κ1) is 20.7. The first-order valence-electron chi connectivity index (χ1n) is 10.0. The van der Waals surface area contributed by atoms with Crippen molar-refractivity contribution in [2.24, 2.45) is 16.8 Å². The number of aliphatic hydroxyl groups excluding tert-OH is 1. The highest BCUT2D eigenvalue weighted by molar-refractivity contribution is 5.79. The molecule has 5 heteroatoms. The van der Waals surface area contributed by atoms with E-state index >= 15 is 0 Å². The molecule has 3 N–H and O–H groups in total. The quantitative estimate of drug-likeness (QED) is 0.492. The summed E-state index contributed by atoms with van der Waals surface area (Å²) in [6.07, 6.45) is 1.34. The number of hydrogen-bond donors (Lipinski definition) is 3. The Morgan fingerprint density at radius 1 is 1.19 bits per heavy atom. The molecule has 0 saturated carbocycles. The summed E-state index contributed by atoms with van der Waals surface area (Å²) < 4.78 is 0. The van der Waals surface area contributed by atoms with Gasteiger partial charge >= 0.3 is 0 Å². The van der Waals surface area contributed by atoms with Crippen LogP contribution in [0.25, 0.3) is 0 Å². The van der Waals surface area contributed by atoms with Gasteiger partial charge in [0.25, 0.3) is 0 Å². The van der Waals surface area contributed by atoms with Crippen molar-refractivity contribution in [1.29, 1.82) is 0 Å². The monoisotopic (exact) mass is 360 g/mol. The minimum absolute atomic E-state index is 0.0375. The fraction of sp³-hybridized carbons (Fsp3) is 0.667. The molecule has 0 amide bonds. The summed E-state index contributed by atoms with van der Waals surface area (Å²) in [5.74, 6) is 2.45. The molecule has 26 heavy (non-hydrogen) atoms. The molecule has 0 aromatic heterocycles. The van der Waals surface area contributed by atoms with E-state index < -0.39 is 0 Å². The fourth-order valence-corrected chi connectivity index (χ4v) is 3.84. The van der Waals surface area contributed by atoms with Crippen molar-refractivity contribution in [3.05, 3.63) is 35.9 Å². The molecule has 0 aliphatic carbocycles. The lowest BCUT2D eigenvalue weighted by molar-refractivity contribution is 0.143. The van der Waals surface area contributed by atoms with Crippen LogP contribution in [-0.2, 0) is 0 Å². The minimum Gasteiger partial charge on any atom is -0.396 e. The van der Waals surface area contributed by atoms with Crippen molar-refractivity contribution in [3.8, 4) is 0 Å². The van der Waals surface area contributed by atoms with Gasteiger partial charge in [0.1, 0.15) is 0 Å². The van der Waals surface area contributed by atoms with Gasteiger partial charge in [-0.2, -0.15) is 0 Å². The summed E-state index contributed by atoms with van der Waals surface area (Å²) in [6, 6.07) is 10.1. The number of aliphatic hydroxyl groups is 1. The number of nitrogens with zero attached hydrogens (tertiary/aromatic N) is 2. The average Bonchev–Trinajstić information content (AvgIpc) is 2.62. The van der Waals surface area contributed by atoms with Crippen LogP contribution >= 0.6 is 0 Å². The zero-order valence-electron chi connectivity index (χ0n) is 16.6. The first-order valence-corrected chi connectivity index (χ1v) is 10.0. The number of rotatable bonds is 8. The molecule has 1 saturated heterocycles. The Labute approximate surface area is 158 Å². The maximum Gasteiger partial charge on any atom is 0.191 e. The lowest BCUT2D eigenvalue weighted by Gasteiger charge is -2.35. The smallest absolute Gasteiger partial charge is 0.191 e. The van der Waals surface area contributed by atoms with Gasteiger partial charge in [0.2, 0.25) is 0 Å². The van der Waals surface area contributed by atoms with E-state index in [0.29, 0.717) is 6.54 Å². The molecule has 1 fully saturated rings. The third-order valence-corrected chi connectivity index (χ3v) is 4.97. The normalized spacial score (nSPS) is 22.8. The maximum absolute atomic E-state index is 9.70. The third-order valence-electron chi connectivity index (χ3n) is 4.97. The van der Waals surface area contributed by atoms with Crippen LogP contribution in [0.3, 0.4) is 0 Å². The Morgan fingerprint density at radius 2 is 1.88 bits per heavy atom. The number of benzene rings is 1. The van der Waals surface area contributed by atoms with E-state index in [4.69, 9.17) is 0 Å². The summed E-state index contributed by atoms with van der Waals surface area (Å²) in [4.78, 5) is 7.24. The van der Waals surface area contributed by atoms with Gasteiger partial charge < -0.3 is 20.6 Å². The molecular formula is C21H36N4O. The van der Waals surface area contributed by atoms with E-state index in [9.17, 15) is 5.11 Å². The largest absolute Gasteiger partial charge is 0.396 e. The Bertz CT molecular complexity index is 524. The third kappa shape index (κ3) is 6.96. The number of nitrogens with one attached hydrogen (secondary N) is 2. The van der Waals surface area contributed by atoms with Gasteiger partial charge in [0.15, 0.2) is 5.96 Å². The van der Waals surface area contributed by atoms with E-state index in [1.165, 1.54) is 19.5 Å². The Hall–Kier alpha value is -1.59. The van der Waals surface area contributed by atoms with Crippen molar-refractivity contribution < 1.29 is 5.11 Å². The average molecular weight is 361 g/mol. The predicted octanol–water partition coefficient (Wildman–Crippen LogP) is 2.30. The summed E-state index contributed by atoms with van der Waals surface area (Å²) in [6.45, 7) is 12.6. The lowest BCUT2D eigenvalue weighted by atomic mass is 9.92. The number of guanidine groups is 1. The summed E-state index contributed by atoms with van der Waals surface area (Å²) in [7, 11) is 0. The first-order chi connectivity index (χ1) is 12.6. The molecule has 0 bridgehead atoms. The molecule has 146 valence electrons. The standard InChI is InChI=1S/C21H36N4O/c1-4-22-21(23-10-11-25-14-17(2)12-18(3)15-25)24-13-20(16-26)19-8-6-5-7-9-19/h5-9,17-18,20,26H,4,10-16H2,1-3H3,(H2,22,23,24). The highest BCUT2D eigenvalue weighted by Gasteiger charge is 2.21. The molecule has 1 aromatic rings. The topological polar surface area (TPSA) is 59.9 Å². The maximum atomic E-state index is 9.70. The summed E-state index contributed by atoms with van der Waals surface area (Å²) >= 11 is 0. The van der Waals surface area contributed by atoms with Gasteiger partial charge in [0.05, 0.1) is 13.2 Å². The Kier molecular flexibility index (Phi) is 8.92. The van der Waals surface area contributed by atoms with Gasteiger partial charge in [-0.3, -0.25) is 4.99 Å². The molecule has 5 nitrogen and oxygen atoms in total. The van der Waals surface area contributed by atoms with Crippen LogP contribution in [-0.4, -0.2) is 61.8 Å². The van der Waals surface area contributed by atoms with Crippen LogP contribution in [0.2, 0.25) is 0 Å². The number of piperidine rings is 1. The zero-order valence-corrected chi connectivity index (χ0v) is 16.6. The molecule has 3 atom stereocenters. The Balaban J connectivity index is 1.84. The van der Waals surface area contributed by atoms with Crippen molar-refractivity contribution in [3.63, 3.8) is 0 Å². The van der Waals surface area contributed by atoms with E-state index in [2.05, 4.69) is 53.4 Å². The van der Waals surface area contributed by atoms with Gasteiger partial charge in [-0.25, -0.2) is 0 Å². The molecule has 0 radical (unpaired) electrons. The molecule has 1 aromatic carbocycles. The highest BCUT2D eigenvalue weighted by Crippen LogP contribution is 2.20. The Morgan fingerprint density at radius 3 is 2.50 bits per heavy atom. The van der Waals surface area contributed by atoms with Crippen LogP contribution in [0.1, 0.15) is 38.7 Å². The molecule has 2 rings (SSSR count). The summed E-state index contributed by atoms with van der Waals surface area (Å²) in [5, 5.41) is 16.5. The van der Waals surface area contributed by atoms with E-state index in [1.807, 2.05) is 18.2 Å². The van der Waals surface area contributed by atoms with Gasteiger partial charge in [0, 0.05) is 38.6 Å². The fourth-order valence-electron chi connectivity index (χ4n) is 3.84. The molecule has 3 unspecified atom stereocenters. The minimum atomic E-state index is 0.0375. The van der Waals surface area contributed by atoms with Crippen molar-refractivity contribution in [2.45, 2.75) is 33.1 Å². The summed E-state index contributed by atoms with van der Waals surface area (Å²) in [5.41, 5.74) is 1.13. The number of hydrogen-bond acceptors (Lipinski definition) is 3. The van der Waals surface area contributed by atoms with Gasteiger partial charge in [-0.05, 0) is 30.7 Å². The number of likely N-dealkylation sites (tertiary alicyclic amines) is 1. The van der Waals surface area contributed by atoms with Crippen LogP contribution in [0.15, 0.2) is 35.3 Å². The SMILES string of the molecule is CCNC(=NCC(CO)c1ccccc1)NCCN1CC(C)CC(C)C1. The molecular weight excluding hydrogens is 324 g/mol. The molecule has 1 aliphatic rings. The predicted molar refractivity (Wildman–Crippen MR) is 110 cm³/mol. The van der Waals surface area contributed by atoms with E-state index in [0.717, 1.165) is 43.0 Å². The van der Waals surface area contributed by atoms with Crippen molar-refractivity contribution >= 4 is 5.96 Å².